The standard InChI is InChI=1S/C26H27NO7S/c1-3-32-25(28)24(17-27-26(29)33-18-20-8-5-4-6-9-20)21-10-7-11-22(16-21)34-35(30,31)23-14-12-19(2)13-15-23/h4-16,24H,3,17-18H2,1-2H3,(H,27,29). The zero-order valence-electron chi connectivity index (χ0n) is 19.5. The summed E-state index contributed by atoms with van der Waals surface area (Å²) in [4.78, 5) is 24.8. The van der Waals surface area contributed by atoms with Gasteiger partial charge in [0.2, 0.25) is 0 Å². The van der Waals surface area contributed by atoms with Gasteiger partial charge < -0.3 is 19.0 Å². The van der Waals surface area contributed by atoms with Gasteiger partial charge in [-0.2, -0.15) is 8.42 Å². The fourth-order valence-corrected chi connectivity index (χ4v) is 4.13. The monoisotopic (exact) mass is 497 g/mol. The van der Waals surface area contributed by atoms with Crippen molar-refractivity contribution < 1.29 is 31.7 Å². The number of nitrogens with one attached hydrogen (secondary N) is 1. The molecule has 0 aliphatic heterocycles. The molecule has 1 atom stereocenters. The van der Waals surface area contributed by atoms with Crippen LogP contribution in [0.25, 0.3) is 0 Å². The Labute approximate surface area is 205 Å². The highest BCUT2D eigenvalue weighted by atomic mass is 32.2. The van der Waals surface area contributed by atoms with Crippen molar-refractivity contribution in [3.63, 3.8) is 0 Å². The molecule has 1 N–H and O–H groups in total. The molecule has 0 aliphatic rings. The van der Waals surface area contributed by atoms with Crippen molar-refractivity contribution in [2.75, 3.05) is 13.2 Å². The molecule has 9 heteroatoms. The first-order chi connectivity index (χ1) is 16.8. The van der Waals surface area contributed by atoms with Gasteiger partial charge in [-0.1, -0.05) is 60.2 Å². The average molecular weight is 498 g/mol. The first-order valence-corrected chi connectivity index (χ1v) is 12.4. The number of alkyl carbamates (subject to hydrolysis) is 1. The summed E-state index contributed by atoms with van der Waals surface area (Å²) in [6, 6.07) is 21.5. The molecule has 0 saturated heterocycles. The molecule has 1 amide bonds. The van der Waals surface area contributed by atoms with E-state index in [0.29, 0.717) is 5.56 Å². The second-order valence-corrected chi connectivity index (χ2v) is 9.22. The van der Waals surface area contributed by atoms with Gasteiger partial charge in [-0.3, -0.25) is 4.79 Å². The minimum absolute atomic E-state index is 0.0123. The highest BCUT2D eigenvalue weighted by molar-refractivity contribution is 7.87. The molecule has 3 aromatic rings. The summed E-state index contributed by atoms with van der Waals surface area (Å²) < 4.78 is 40.9. The summed E-state index contributed by atoms with van der Waals surface area (Å²) in [5.74, 6) is -1.44. The fourth-order valence-electron chi connectivity index (χ4n) is 3.20. The summed E-state index contributed by atoms with van der Waals surface area (Å²) in [6.45, 7) is 3.63. The zero-order valence-corrected chi connectivity index (χ0v) is 20.3. The first kappa shape index (κ1) is 25.8. The van der Waals surface area contributed by atoms with Crippen LogP contribution in [0.15, 0.2) is 83.8 Å². The maximum Gasteiger partial charge on any atom is 0.407 e. The molecular weight excluding hydrogens is 470 g/mol. The van der Waals surface area contributed by atoms with Gasteiger partial charge in [0.05, 0.1) is 12.5 Å². The average Bonchev–Trinajstić information content (AvgIpc) is 2.84. The number of rotatable bonds is 10. The van der Waals surface area contributed by atoms with Gasteiger partial charge in [0, 0.05) is 6.54 Å². The number of esters is 1. The van der Waals surface area contributed by atoms with Crippen LogP contribution in [-0.2, 0) is 31.0 Å². The normalized spacial score (nSPS) is 11.8. The largest absolute Gasteiger partial charge is 0.465 e. The van der Waals surface area contributed by atoms with Crippen LogP contribution in [0.4, 0.5) is 4.79 Å². The van der Waals surface area contributed by atoms with Crippen molar-refractivity contribution >= 4 is 22.2 Å². The van der Waals surface area contributed by atoms with E-state index in [9.17, 15) is 18.0 Å². The van der Waals surface area contributed by atoms with Crippen LogP contribution < -0.4 is 9.50 Å². The van der Waals surface area contributed by atoms with Gasteiger partial charge >= 0.3 is 22.2 Å². The van der Waals surface area contributed by atoms with E-state index in [4.69, 9.17) is 13.7 Å². The lowest BCUT2D eigenvalue weighted by atomic mass is 9.99. The van der Waals surface area contributed by atoms with Crippen molar-refractivity contribution in [3.8, 4) is 5.75 Å². The highest BCUT2D eigenvalue weighted by Crippen LogP contribution is 2.25. The Morgan fingerprint density at radius 3 is 2.31 bits per heavy atom. The quantitative estimate of drug-likeness (QED) is 0.328. The lowest BCUT2D eigenvalue weighted by molar-refractivity contribution is -0.144. The summed E-state index contributed by atoms with van der Waals surface area (Å²) >= 11 is 0. The second-order valence-electron chi connectivity index (χ2n) is 7.67. The first-order valence-electron chi connectivity index (χ1n) is 11.0. The molecule has 0 radical (unpaired) electrons. The maximum absolute atomic E-state index is 12.6. The third kappa shape index (κ3) is 7.58. The molecule has 0 aliphatic carbocycles. The molecule has 0 saturated carbocycles. The lowest BCUT2D eigenvalue weighted by Crippen LogP contribution is -2.33. The Bertz CT molecular complexity index is 1240. The topological polar surface area (TPSA) is 108 Å². The molecular formula is C26H27NO7S. The summed E-state index contributed by atoms with van der Waals surface area (Å²) in [6.07, 6.45) is -0.697. The van der Waals surface area contributed by atoms with Gasteiger partial charge in [-0.25, -0.2) is 4.79 Å². The number of hydrogen-bond acceptors (Lipinski definition) is 7. The van der Waals surface area contributed by atoms with Crippen LogP contribution in [0, 0.1) is 6.92 Å². The number of benzene rings is 3. The fraction of sp³-hybridized carbons (Fsp3) is 0.231. The number of ether oxygens (including phenoxy) is 2. The third-order valence-corrected chi connectivity index (χ3v) is 6.27. The minimum atomic E-state index is -4.07. The number of hydrogen-bond donors (Lipinski definition) is 1. The molecule has 0 bridgehead atoms. The summed E-state index contributed by atoms with van der Waals surface area (Å²) in [5, 5.41) is 2.57. The van der Waals surface area contributed by atoms with E-state index >= 15 is 0 Å². The van der Waals surface area contributed by atoms with E-state index in [0.717, 1.165) is 11.1 Å². The molecule has 1 unspecified atom stereocenters. The molecule has 3 aromatic carbocycles. The molecule has 8 nitrogen and oxygen atoms in total. The molecule has 35 heavy (non-hydrogen) atoms. The van der Waals surface area contributed by atoms with Gasteiger partial charge in [-0.15, -0.1) is 0 Å². The Hall–Kier alpha value is -3.85. The Balaban J connectivity index is 1.71. The lowest BCUT2D eigenvalue weighted by Gasteiger charge is -2.17. The summed E-state index contributed by atoms with van der Waals surface area (Å²) in [5.41, 5.74) is 2.16. The molecule has 0 heterocycles. The van der Waals surface area contributed by atoms with Gasteiger partial charge in [0.25, 0.3) is 0 Å². The van der Waals surface area contributed by atoms with Crippen LogP contribution in [0.1, 0.15) is 29.5 Å². The highest BCUT2D eigenvalue weighted by Gasteiger charge is 2.25. The molecule has 0 aromatic heterocycles. The van der Waals surface area contributed by atoms with Gasteiger partial charge in [-0.05, 0) is 49.2 Å². The van der Waals surface area contributed by atoms with E-state index < -0.39 is 28.1 Å². The van der Waals surface area contributed by atoms with E-state index in [1.165, 1.54) is 24.3 Å². The molecule has 0 spiro atoms. The Morgan fingerprint density at radius 2 is 1.63 bits per heavy atom. The minimum Gasteiger partial charge on any atom is -0.465 e. The van der Waals surface area contributed by atoms with Crippen molar-refractivity contribution in [2.45, 2.75) is 31.3 Å². The number of carbonyl (C=O) groups excluding carboxylic acids is 2. The smallest absolute Gasteiger partial charge is 0.407 e. The van der Waals surface area contributed by atoms with Crippen LogP contribution >= 0.6 is 0 Å². The van der Waals surface area contributed by atoms with E-state index in [1.54, 1.807) is 31.2 Å². The van der Waals surface area contributed by atoms with Crippen molar-refractivity contribution in [2.24, 2.45) is 0 Å². The van der Waals surface area contributed by atoms with Crippen LogP contribution in [-0.4, -0.2) is 33.6 Å². The predicted octanol–water partition coefficient (Wildman–Crippen LogP) is 4.34. The Kier molecular flexibility index (Phi) is 8.86. The van der Waals surface area contributed by atoms with Crippen LogP contribution in [0.5, 0.6) is 5.75 Å². The third-order valence-electron chi connectivity index (χ3n) is 5.01. The zero-order chi connectivity index (χ0) is 25.3. The SMILES string of the molecule is CCOC(=O)C(CNC(=O)OCc1ccccc1)c1cccc(OS(=O)(=O)c2ccc(C)cc2)c1. The Morgan fingerprint density at radius 1 is 0.914 bits per heavy atom. The van der Waals surface area contributed by atoms with E-state index in [-0.39, 0.29) is 30.4 Å². The van der Waals surface area contributed by atoms with Gasteiger partial charge in [0.15, 0.2) is 0 Å². The van der Waals surface area contributed by atoms with Crippen LogP contribution in [0.3, 0.4) is 0 Å². The molecule has 0 fully saturated rings. The van der Waals surface area contributed by atoms with Crippen molar-refractivity contribution in [3.05, 3.63) is 95.6 Å². The van der Waals surface area contributed by atoms with Crippen molar-refractivity contribution in [1.29, 1.82) is 0 Å². The number of amides is 1. The molecule has 184 valence electrons. The van der Waals surface area contributed by atoms with Gasteiger partial charge in [0.1, 0.15) is 17.3 Å². The van der Waals surface area contributed by atoms with Crippen LogP contribution in [0.2, 0.25) is 0 Å². The van der Waals surface area contributed by atoms with Crippen molar-refractivity contribution in [1.82, 2.24) is 5.32 Å². The van der Waals surface area contributed by atoms with E-state index in [2.05, 4.69) is 5.32 Å². The predicted molar refractivity (Wildman–Crippen MR) is 129 cm³/mol. The number of carbonyl (C=O) groups is 2. The second kappa shape index (κ2) is 12.0. The maximum atomic E-state index is 12.6. The van der Waals surface area contributed by atoms with E-state index in [1.807, 2.05) is 37.3 Å². The summed E-state index contributed by atoms with van der Waals surface area (Å²) in [7, 11) is -4.07. The number of aryl methyl sites for hydroxylation is 1. The molecule has 3 rings (SSSR count).